The largest absolute Gasteiger partial charge is 0.352 e. The van der Waals surface area contributed by atoms with Crippen LogP contribution in [0.5, 0.6) is 0 Å². The average Bonchev–Trinajstić information content (AvgIpc) is 2.60. The molecule has 0 saturated carbocycles. The first-order valence-corrected chi connectivity index (χ1v) is 7.64. The number of nitrogens with one attached hydrogen (secondary N) is 2. The van der Waals surface area contributed by atoms with E-state index in [1.54, 1.807) is 30.3 Å². The maximum absolute atomic E-state index is 13.6. The van der Waals surface area contributed by atoms with Crippen LogP contribution in [0, 0.1) is 11.6 Å². The normalized spacial score (nSPS) is 10.4. The molecule has 0 atom stereocenters. The number of anilines is 3. The lowest BCUT2D eigenvalue weighted by Gasteiger charge is -2.08. The highest BCUT2D eigenvalue weighted by Crippen LogP contribution is 2.20. The molecule has 0 aliphatic carbocycles. The van der Waals surface area contributed by atoms with Gasteiger partial charge in [0.2, 0.25) is 0 Å². The van der Waals surface area contributed by atoms with Crippen molar-refractivity contribution >= 4 is 34.6 Å². The van der Waals surface area contributed by atoms with Gasteiger partial charge in [0.25, 0.3) is 5.91 Å². The molecule has 0 spiro atoms. The number of benzene rings is 2. The third-order valence-electron chi connectivity index (χ3n) is 3.31. The third kappa shape index (κ3) is 4.30. The zero-order valence-electron chi connectivity index (χ0n) is 12.8. The Labute approximate surface area is 147 Å². The van der Waals surface area contributed by atoms with Crippen LogP contribution in [0.3, 0.4) is 0 Å². The standard InChI is InChI=1S/C18H12ClF2N3O/c19-11-1-4-13(5-2-11)24-18(25)17-8-6-14(10-22-17)23-16-7-3-12(20)9-15(16)21/h1-10,23H,(H,24,25). The minimum Gasteiger partial charge on any atom is -0.352 e. The summed E-state index contributed by atoms with van der Waals surface area (Å²) in [5.74, 6) is -1.76. The lowest BCUT2D eigenvalue weighted by atomic mass is 10.2. The van der Waals surface area contributed by atoms with Gasteiger partial charge in [-0.3, -0.25) is 4.79 Å². The van der Waals surface area contributed by atoms with Crippen LogP contribution in [0.4, 0.5) is 25.8 Å². The smallest absolute Gasteiger partial charge is 0.274 e. The van der Waals surface area contributed by atoms with Crippen molar-refractivity contribution in [3.8, 4) is 0 Å². The van der Waals surface area contributed by atoms with Crippen LogP contribution < -0.4 is 10.6 Å². The molecular formula is C18H12ClF2N3O. The summed E-state index contributed by atoms with van der Waals surface area (Å²) in [6, 6.07) is 13.0. The minimum atomic E-state index is -0.718. The Morgan fingerprint density at radius 2 is 1.68 bits per heavy atom. The van der Waals surface area contributed by atoms with Gasteiger partial charge in [-0.05, 0) is 48.5 Å². The molecule has 126 valence electrons. The molecule has 4 nitrogen and oxygen atoms in total. The van der Waals surface area contributed by atoms with E-state index in [9.17, 15) is 13.6 Å². The molecule has 0 fully saturated rings. The zero-order chi connectivity index (χ0) is 17.8. The summed E-state index contributed by atoms with van der Waals surface area (Å²) in [6.07, 6.45) is 1.39. The number of hydrogen-bond acceptors (Lipinski definition) is 3. The van der Waals surface area contributed by atoms with Crippen molar-refractivity contribution in [1.29, 1.82) is 0 Å². The van der Waals surface area contributed by atoms with Crippen LogP contribution in [-0.4, -0.2) is 10.9 Å². The maximum Gasteiger partial charge on any atom is 0.274 e. The summed E-state index contributed by atoms with van der Waals surface area (Å²) in [5.41, 5.74) is 1.36. The van der Waals surface area contributed by atoms with Crippen molar-refractivity contribution in [2.24, 2.45) is 0 Å². The van der Waals surface area contributed by atoms with Crippen molar-refractivity contribution in [2.75, 3.05) is 10.6 Å². The predicted molar refractivity (Wildman–Crippen MR) is 93.3 cm³/mol. The number of pyridine rings is 1. The quantitative estimate of drug-likeness (QED) is 0.688. The molecule has 2 N–H and O–H groups in total. The molecule has 7 heteroatoms. The first kappa shape index (κ1) is 16.9. The molecule has 0 aliphatic heterocycles. The first-order valence-electron chi connectivity index (χ1n) is 7.26. The second-order valence-electron chi connectivity index (χ2n) is 5.14. The van der Waals surface area contributed by atoms with E-state index < -0.39 is 11.6 Å². The van der Waals surface area contributed by atoms with E-state index in [0.29, 0.717) is 16.4 Å². The molecule has 0 aliphatic rings. The van der Waals surface area contributed by atoms with Crippen molar-refractivity contribution in [2.45, 2.75) is 0 Å². The van der Waals surface area contributed by atoms with E-state index in [2.05, 4.69) is 15.6 Å². The Morgan fingerprint density at radius 3 is 2.32 bits per heavy atom. The number of carbonyl (C=O) groups excluding carboxylic acids is 1. The van der Waals surface area contributed by atoms with E-state index in [4.69, 9.17) is 11.6 Å². The number of nitrogens with zero attached hydrogens (tertiary/aromatic N) is 1. The Hall–Kier alpha value is -2.99. The second-order valence-corrected chi connectivity index (χ2v) is 5.58. The molecule has 3 aromatic rings. The highest BCUT2D eigenvalue weighted by molar-refractivity contribution is 6.30. The van der Waals surface area contributed by atoms with Crippen LogP contribution in [0.15, 0.2) is 60.8 Å². The minimum absolute atomic E-state index is 0.113. The number of aromatic nitrogens is 1. The highest BCUT2D eigenvalue weighted by Gasteiger charge is 2.09. The van der Waals surface area contributed by atoms with Gasteiger partial charge in [-0.1, -0.05) is 11.6 Å². The lowest BCUT2D eigenvalue weighted by molar-refractivity contribution is 0.102. The Bertz CT molecular complexity index is 899. The average molecular weight is 360 g/mol. The predicted octanol–water partition coefficient (Wildman–Crippen LogP) is 5.01. The number of hydrogen-bond donors (Lipinski definition) is 2. The summed E-state index contributed by atoms with van der Waals surface area (Å²) in [6.45, 7) is 0. The third-order valence-corrected chi connectivity index (χ3v) is 3.56. The first-order chi connectivity index (χ1) is 12.0. The van der Waals surface area contributed by atoms with Gasteiger partial charge in [-0.25, -0.2) is 13.8 Å². The molecule has 1 amide bonds. The molecular weight excluding hydrogens is 348 g/mol. The van der Waals surface area contributed by atoms with Gasteiger partial charge < -0.3 is 10.6 Å². The Kier molecular flexibility index (Phi) is 4.90. The molecule has 0 radical (unpaired) electrons. The molecule has 2 aromatic carbocycles. The SMILES string of the molecule is O=C(Nc1ccc(Cl)cc1)c1ccc(Nc2ccc(F)cc2F)cn1. The molecule has 1 aromatic heterocycles. The molecule has 1 heterocycles. The summed E-state index contributed by atoms with van der Waals surface area (Å²) in [4.78, 5) is 16.2. The van der Waals surface area contributed by atoms with Crippen LogP contribution in [-0.2, 0) is 0 Å². The monoisotopic (exact) mass is 359 g/mol. The second kappa shape index (κ2) is 7.27. The highest BCUT2D eigenvalue weighted by atomic mass is 35.5. The summed E-state index contributed by atoms with van der Waals surface area (Å²) in [5, 5.41) is 6.03. The number of amides is 1. The van der Waals surface area contributed by atoms with Gasteiger partial charge in [0.15, 0.2) is 0 Å². The lowest BCUT2D eigenvalue weighted by Crippen LogP contribution is -2.13. The zero-order valence-corrected chi connectivity index (χ0v) is 13.5. The molecule has 25 heavy (non-hydrogen) atoms. The number of rotatable bonds is 4. The fraction of sp³-hybridized carbons (Fsp3) is 0. The van der Waals surface area contributed by atoms with Crippen LogP contribution in [0.25, 0.3) is 0 Å². The number of carbonyl (C=O) groups is 1. The van der Waals surface area contributed by atoms with E-state index in [-0.39, 0.29) is 17.3 Å². The van der Waals surface area contributed by atoms with Crippen LogP contribution in [0.2, 0.25) is 5.02 Å². The summed E-state index contributed by atoms with van der Waals surface area (Å²) in [7, 11) is 0. The van der Waals surface area contributed by atoms with Crippen molar-refractivity contribution in [3.63, 3.8) is 0 Å². The maximum atomic E-state index is 13.6. The van der Waals surface area contributed by atoms with Crippen molar-refractivity contribution < 1.29 is 13.6 Å². The van der Waals surface area contributed by atoms with Crippen LogP contribution >= 0.6 is 11.6 Å². The van der Waals surface area contributed by atoms with Gasteiger partial charge in [-0.15, -0.1) is 0 Å². The van der Waals surface area contributed by atoms with Gasteiger partial charge >= 0.3 is 0 Å². The number of halogens is 3. The Balaban J connectivity index is 1.69. The summed E-state index contributed by atoms with van der Waals surface area (Å²) >= 11 is 5.79. The van der Waals surface area contributed by atoms with Crippen LogP contribution in [0.1, 0.15) is 10.5 Å². The topological polar surface area (TPSA) is 54.0 Å². The summed E-state index contributed by atoms with van der Waals surface area (Å²) < 4.78 is 26.5. The van der Waals surface area contributed by atoms with Gasteiger partial charge in [0, 0.05) is 16.8 Å². The van der Waals surface area contributed by atoms with E-state index >= 15 is 0 Å². The van der Waals surface area contributed by atoms with Gasteiger partial charge in [-0.2, -0.15) is 0 Å². The van der Waals surface area contributed by atoms with E-state index in [0.717, 1.165) is 12.1 Å². The van der Waals surface area contributed by atoms with Crippen molar-refractivity contribution in [1.82, 2.24) is 4.98 Å². The van der Waals surface area contributed by atoms with E-state index in [1.165, 1.54) is 18.3 Å². The Morgan fingerprint density at radius 1 is 0.960 bits per heavy atom. The molecule has 0 bridgehead atoms. The molecule has 3 rings (SSSR count). The molecule has 0 unspecified atom stereocenters. The van der Waals surface area contributed by atoms with Crippen molar-refractivity contribution in [3.05, 3.63) is 83.1 Å². The fourth-order valence-electron chi connectivity index (χ4n) is 2.08. The van der Waals surface area contributed by atoms with Gasteiger partial charge in [0.05, 0.1) is 17.6 Å². The van der Waals surface area contributed by atoms with E-state index in [1.807, 2.05) is 0 Å². The fourth-order valence-corrected chi connectivity index (χ4v) is 2.20. The molecule has 0 saturated heterocycles. The van der Waals surface area contributed by atoms with Gasteiger partial charge in [0.1, 0.15) is 17.3 Å².